The molecule has 0 saturated carbocycles. The number of amidine groups is 1. The fraction of sp³-hybridized carbons (Fsp3) is 0.233. The van der Waals surface area contributed by atoms with Gasteiger partial charge in [-0.25, -0.2) is 4.99 Å². The number of aliphatic imine (C=N–C) groups is 1. The van der Waals surface area contributed by atoms with E-state index in [-0.39, 0.29) is 17.4 Å². The molecule has 1 amide bonds. The summed E-state index contributed by atoms with van der Waals surface area (Å²) in [7, 11) is 0. The third kappa shape index (κ3) is 5.63. The van der Waals surface area contributed by atoms with Crippen molar-refractivity contribution < 1.29 is 9.59 Å². The van der Waals surface area contributed by atoms with Crippen LogP contribution in [0.1, 0.15) is 57.9 Å². The molecule has 4 nitrogen and oxygen atoms in total. The number of benzene rings is 3. The Morgan fingerprint density at radius 2 is 1.60 bits per heavy atom. The molecule has 0 atom stereocenters. The van der Waals surface area contributed by atoms with Gasteiger partial charge in [-0.1, -0.05) is 85.3 Å². The van der Waals surface area contributed by atoms with Crippen molar-refractivity contribution >= 4 is 40.4 Å². The van der Waals surface area contributed by atoms with Crippen molar-refractivity contribution in [3.63, 3.8) is 0 Å². The van der Waals surface area contributed by atoms with Gasteiger partial charge in [-0.15, -0.1) is 0 Å². The standard InChI is InChI=1S/C30H30N2O2S/c1-19(2)24-12-10-23(11-13-24)17-27-29(34)32(25-14-7-20(3)8-15-25)30(31-27)35-18-28(33)26-16-21(4)6-9-22(26)5/h6-17,19H,18H2,1-5H3. The zero-order valence-corrected chi connectivity index (χ0v) is 21.6. The van der Waals surface area contributed by atoms with Gasteiger partial charge < -0.3 is 0 Å². The minimum atomic E-state index is -0.191. The van der Waals surface area contributed by atoms with E-state index in [1.54, 1.807) is 4.90 Å². The molecule has 178 valence electrons. The molecule has 1 heterocycles. The molecule has 0 bridgehead atoms. The molecule has 0 radical (unpaired) electrons. The summed E-state index contributed by atoms with van der Waals surface area (Å²) in [4.78, 5) is 32.7. The van der Waals surface area contributed by atoms with Crippen LogP contribution in [0, 0.1) is 20.8 Å². The number of anilines is 1. The van der Waals surface area contributed by atoms with E-state index in [9.17, 15) is 9.59 Å². The Labute approximate surface area is 211 Å². The van der Waals surface area contributed by atoms with Crippen LogP contribution in [0.2, 0.25) is 0 Å². The molecule has 0 aromatic heterocycles. The number of hydrogen-bond acceptors (Lipinski definition) is 4. The molecule has 0 unspecified atom stereocenters. The zero-order chi connectivity index (χ0) is 25.1. The highest BCUT2D eigenvalue weighted by atomic mass is 32.2. The number of carbonyl (C=O) groups excluding carboxylic acids is 2. The van der Waals surface area contributed by atoms with Crippen molar-refractivity contribution in [2.75, 3.05) is 10.7 Å². The molecule has 35 heavy (non-hydrogen) atoms. The maximum absolute atomic E-state index is 13.4. The maximum atomic E-state index is 13.4. The van der Waals surface area contributed by atoms with E-state index >= 15 is 0 Å². The lowest BCUT2D eigenvalue weighted by Gasteiger charge is -2.18. The lowest BCUT2D eigenvalue weighted by molar-refractivity contribution is -0.113. The topological polar surface area (TPSA) is 49.7 Å². The molecule has 0 fully saturated rings. The second-order valence-corrected chi connectivity index (χ2v) is 10.2. The van der Waals surface area contributed by atoms with E-state index in [1.807, 2.05) is 81.4 Å². The summed E-state index contributed by atoms with van der Waals surface area (Å²) in [5.74, 6) is 0.479. The number of carbonyl (C=O) groups is 2. The van der Waals surface area contributed by atoms with Crippen LogP contribution in [-0.4, -0.2) is 22.6 Å². The van der Waals surface area contributed by atoms with Gasteiger partial charge in [0, 0.05) is 5.56 Å². The number of thioether (sulfide) groups is 1. The zero-order valence-electron chi connectivity index (χ0n) is 20.8. The third-order valence-electron chi connectivity index (χ3n) is 6.05. The minimum absolute atomic E-state index is 0.0249. The molecule has 3 aromatic rings. The summed E-state index contributed by atoms with van der Waals surface area (Å²) in [6, 6.07) is 21.8. The van der Waals surface area contributed by atoms with Crippen LogP contribution in [0.4, 0.5) is 5.69 Å². The fourth-order valence-electron chi connectivity index (χ4n) is 3.89. The van der Waals surface area contributed by atoms with E-state index in [4.69, 9.17) is 0 Å². The lowest BCUT2D eigenvalue weighted by Crippen LogP contribution is -2.30. The number of amides is 1. The van der Waals surface area contributed by atoms with Crippen LogP contribution in [-0.2, 0) is 4.79 Å². The molecule has 1 aliphatic heterocycles. The van der Waals surface area contributed by atoms with Crippen molar-refractivity contribution in [1.29, 1.82) is 0 Å². The van der Waals surface area contributed by atoms with Gasteiger partial charge in [0.2, 0.25) is 0 Å². The number of hydrogen-bond donors (Lipinski definition) is 0. The fourth-order valence-corrected chi connectivity index (χ4v) is 4.79. The van der Waals surface area contributed by atoms with E-state index in [2.05, 4.69) is 31.0 Å². The van der Waals surface area contributed by atoms with Crippen molar-refractivity contribution in [3.8, 4) is 0 Å². The minimum Gasteiger partial charge on any atom is -0.293 e. The number of aryl methyl sites for hydroxylation is 3. The highest BCUT2D eigenvalue weighted by Crippen LogP contribution is 2.30. The first-order chi connectivity index (χ1) is 16.7. The molecule has 0 N–H and O–H groups in total. The third-order valence-corrected chi connectivity index (χ3v) is 6.99. The molecule has 0 aliphatic carbocycles. The molecular formula is C30H30N2O2S. The summed E-state index contributed by atoms with van der Waals surface area (Å²) < 4.78 is 0. The number of rotatable bonds is 6. The Morgan fingerprint density at radius 1 is 0.943 bits per heavy atom. The summed E-state index contributed by atoms with van der Waals surface area (Å²) in [6.45, 7) is 10.2. The largest absolute Gasteiger partial charge is 0.293 e. The smallest absolute Gasteiger partial charge is 0.283 e. The van der Waals surface area contributed by atoms with E-state index in [0.29, 0.717) is 22.3 Å². The summed E-state index contributed by atoms with van der Waals surface area (Å²) in [6.07, 6.45) is 1.81. The van der Waals surface area contributed by atoms with E-state index in [0.717, 1.165) is 27.9 Å². The summed E-state index contributed by atoms with van der Waals surface area (Å²) >= 11 is 1.30. The van der Waals surface area contributed by atoms with Crippen LogP contribution in [0.3, 0.4) is 0 Å². The van der Waals surface area contributed by atoms with Crippen molar-refractivity contribution in [2.24, 2.45) is 4.99 Å². The van der Waals surface area contributed by atoms with Crippen molar-refractivity contribution in [1.82, 2.24) is 0 Å². The lowest BCUT2D eigenvalue weighted by atomic mass is 10.0. The Bertz CT molecular complexity index is 1320. The van der Waals surface area contributed by atoms with Gasteiger partial charge >= 0.3 is 0 Å². The van der Waals surface area contributed by atoms with Crippen LogP contribution in [0.5, 0.6) is 0 Å². The van der Waals surface area contributed by atoms with Crippen LogP contribution >= 0.6 is 11.8 Å². The van der Waals surface area contributed by atoms with Gasteiger partial charge in [-0.2, -0.15) is 0 Å². The van der Waals surface area contributed by atoms with Gasteiger partial charge in [0.05, 0.1) is 11.4 Å². The molecule has 4 rings (SSSR count). The second kappa shape index (κ2) is 10.4. The van der Waals surface area contributed by atoms with Crippen LogP contribution < -0.4 is 4.90 Å². The molecule has 3 aromatic carbocycles. The highest BCUT2D eigenvalue weighted by molar-refractivity contribution is 8.14. The first-order valence-electron chi connectivity index (χ1n) is 11.8. The monoisotopic (exact) mass is 482 g/mol. The number of ketones is 1. The van der Waals surface area contributed by atoms with E-state index < -0.39 is 0 Å². The predicted molar refractivity (Wildman–Crippen MR) is 147 cm³/mol. The van der Waals surface area contributed by atoms with Gasteiger partial charge in [0.1, 0.15) is 5.70 Å². The Hall–Kier alpha value is -3.44. The predicted octanol–water partition coefficient (Wildman–Crippen LogP) is 7.10. The molecule has 0 spiro atoms. The average Bonchev–Trinajstić information content (AvgIpc) is 3.14. The van der Waals surface area contributed by atoms with Crippen molar-refractivity contribution in [2.45, 2.75) is 40.5 Å². The van der Waals surface area contributed by atoms with Crippen molar-refractivity contribution in [3.05, 3.63) is 106 Å². The van der Waals surface area contributed by atoms with Crippen LogP contribution in [0.15, 0.2) is 77.4 Å². The number of Topliss-reactive ketones (excluding diaryl/α,β-unsaturated/α-hetero) is 1. The second-order valence-electron chi connectivity index (χ2n) is 9.25. The van der Waals surface area contributed by atoms with Gasteiger partial charge in [-0.05, 0) is 67.7 Å². The molecule has 0 saturated heterocycles. The van der Waals surface area contributed by atoms with Gasteiger partial charge in [-0.3, -0.25) is 14.5 Å². The summed E-state index contributed by atoms with van der Waals surface area (Å²) in [5, 5.41) is 0.516. The van der Waals surface area contributed by atoms with Gasteiger partial charge in [0.25, 0.3) is 5.91 Å². The normalized spacial score (nSPS) is 14.7. The average molecular weight is 483 g/mol. The Balaban J connectivity index is 1.63. The first kappa shape index (κ1) is 24.7. The molecule has 1 aliphatic rings. The maximum Gasteiger partial charge on any atom is 0.283 e. The molecular weight excluding hydrogens is 452 g/mol. The van der Waals surface area contributed by atoms with E-state index in [1.165, 1.54) is 17.3 Å². The quantitative estimate of drug-likeness (QED) is 0.278. The Morgan fingerprint density at radius 3 is 2.26 bits per heavy atom. The summed E-state index contributed by atoms with van der Waals surface area (Å²) in [5.41, 5.74) is 7.09. The number of nitrogens with zero attached hydrogens (tertiary/aromatic N) is 2. The SMILES string of the molecule is Cc1ccc(N2C(=O)C(=Cc3ccc(C(C)C)cc3)N=C2SCC(=O)c2cc(C)ccc2C)cc1. The van der Waals surface area contributed by atoms with Gasteiger partial charge in [0.15, 0.2) is 11.0 Å². The molecule has 5 heteroatoms. The first-order valence-corrected chi connectivity index (χ1v) is 12.8. The van der Waals surface area contributed by atoms with Crippen LogP contribution in [0.25, 0.3) is 6.08 Å². The highest BCUT2D eigenvalue weighted by Gasteiger charge is 2.32. The Kier molecular flexibility index (Phi) is 7.37.